The predicted molar refractivity (Wildman–Crippen MR) is 92.0 cm³/mol. The fourth-order valence-corrected chi connectivity index (χ4v) is 3.36. The number of hydrogen-bond acceptors (Lipinski definition) is 1. The minimum absolute atomic E-state index is 0.0327. The number of rotatable bonds is 2. The van der Waals surface area contributed by atoms with Crippen LogP contribution in [0.1, 0.15) is 42.9 Å². The van der Waals surface area contributed by atoms with Gasteiger partial charge >= 0.3 is 0 Å². The van der Waals surface area contributed by atoms with Crippen LogP contribution in [0.5, 0.6) is 0 Å². The topological polar surface area (TPSA) is 29.1 Å². The van der Waals surface area contributed by atoms with Crippen molar-refractivity contribution in [2.75, 3.05) is 5.32 Å². The van der Waals surface area contributed by atoms with Gasteiger partial charge in [0.25, 0.3) is 5.91 Å². The lowest BCUT2D eigenvalue weighted by Gasteiger charge is -2.22. The summed E-state index contributed by atoms with van der Waals surface area (Å²) in [6, 6.07) is 4.20. The van der Waals surface area contributed by atoms with Crippen molar-refractivity contribution in [3.05, 3.63) is 64.3 Å². The van der Waals surface area contributed by atoms with E-state index in [2.05, 4.69) is 24.4 Å². The smallest absolute Gasteiger partial charge is 0.252 e. The zero-order valence-corrected chi connectivity index (χ0v) is 13.4. The van der Waals surface area contributed by atoms with Crippen molar-refractivity contribution in [2.45, 2.75) is 46.0 Å². The van der Waals surface area contributed by atoms with E-state index in [1.807, 2.05) is 31.2 Å². The molecular formula is C20H23NO. The highest BCUT2D eigenvalue weighted by Gasteiger charge is 2.18. The molecule has 0 unspecified atom stereocenters. The molecule has 3 rings (SSSR count). The van der Waals surface area contributed by atoms with E-state index in [0.29, 0.717) is 6.42 Å². The molecule has 0 saturated carbocycles. The number of aryl methyl sites for hydroxylation is 1. The van der Waals surface area contributed by atoms with Crippen LogP contribution in [-0.2, 0) is 17.6 Å². The molecule has 0 fully saturated rings. The van der Waals surface area contributed by atoms with E-state index in [0.717, 1.165) is 29.7 Å². The Morgan fingerprint density at radius 1 is 1.05 bits per heavy atom. The van der Waals surface area contributed by atoms with E-state index in [9.17, 15) is 4.79 Å². The third-order valence-corrected chi connectivity index (χ3v) is 4.68. The second-order valence-corrected chi connectivity index (χ2v) is 6.20. The van der Waals surface area contributed by atoms with Crippen LogP contribution in [0.4, 0.5) is 5.69 Å². The molecule has 0 atom stereocenters. The highest BCUT2D eigenvalue weighted by molar-refractivity contribution is 6.05. The lowest BCUT2D eigenvalue weighted by Crippen LogP contribution is -2.18. The molecule has 2 nitrogen and oxygen atoms in total. The summed E-state index contributed by atoms with van der Waals surface area (Å²) in [7, 11) is 0. The summed E-state index contributed by atoms with van der Waals surface area (Å²) >= 11 is 0. The van der Waals surface area contributed by atoms with Gasteiger partial charge < -0.3 is 5.32 Å². The van der Waals surface area contributed by atoms with Crippen molar-refractivity contribution in [3.8, 4) is 0 Å². The van der Waals surface area contributed by atoms with Crippen LogP contribution in [0.3, 0.4) is 0 Å². The molecule has 2 heteroatoms. The maximum absolute atomic E-state index is 12.7. The van der Waals surface area contributed by atoms with Gasteiger partial charge in [-0.05, 0) is 74.3 Å². The molecule has 114 valence electrons. The molecular weight excluding hydrogens is 270 g/mol. The van der Waals surface area contributed by atoms with Crippen molar-refractivity contribution in [1.82, 2.24) is 0 Å². The van der Waals surface area contributed by atoms with Gasteiger partial charge in [-0.15, -0.1) is 0 Å². The fraction of sp³-hybridized carbons (Fsp3) is 0.350. The SMILES string of the molecule is CC1=C(C(=O)Nc2ccc(C)c3c2CCCC3)CC=CC=C1. The van der Waals surface area contributed by atoms with E-state index in [-0.39, 0.29) is 5.91 Å². The molecule has 0 bridgehead atoms. The molecule has 0 radical (unpaired) electrons. The van der Waals surface area contributed by atoms with Crippen molar-refractivity contribution in [3.63, 3.8) is 0 Å². The Labute approximate surface area is 132 Å². The minimum Gasteiger partial charge on any atom is -0.322 e. The summed E-state index contributed by atoms with van der Waals surface area (Å²) in [5.74, 6) is 0.0327. The summed E-state index contributed by atoms with van der Waals surface area (Å²) in [5.41, 5.74) is 7.04. The zero-order chi connectivity index (χ0) is 15.5. The largest absolute Gasteiger partial charge is 0.322 e. The van der Waals surface area contributed by atoms with Crippen molar-refractivity contribution in [1.29, 1.82) is 0 Å². The zero-order valence-electron chi connectivity index (χ0n) is 13.4. The quantitative estimate of drug-likeness (QED) is 0.845. The molecule has 0 aliphatic heterocycles. The number of carbonyl (C=O) groups is 1. The third-order valence-electron chi connectivity index (χ3n) is 4.68. The van der Waals surface area contributed by atoms with Crippen LogP contribution in [0.2, 0.25) is 0 Å². The Balaban J connectivity index is 1.89. The molecule has 0 aromatic heterocycles. The van der Waals surface area contributed by atoms with Gasteiger partial charge in [-0.2, -0.15) is 0 Å². The number of allylic oxidation sites excluding steroid dienone is 5. The number of anilines is 1. The Kier molecular flexibility index (Phi) is 4.28. The van der Waals surface area contributed by atoms with Gasteiger partial charge in [-0.1, -0.05) is 30.4 Å². The van der Waals surface area contributed by atoms with E-state index in [1.54, 1.807) is 0 Å². The number of hydrogen-bond donors (Lipinski definition) is 1. The maximum atomic E-state index is 12.7. The normalized spacial score (nSPS) is 17.2. The second-order valence-electron chi connectivity index (χ2n) is 6.20. The molecule has 1 aromatic carbocycles. The number of benzene rings is 1. The maximum Gasteiger partial charge on any atom is 0.252 e. The molecule has 2 aliphatic rings. The third kappa shape index (κ3) is 2.92. The van der Waals surface area contributed by atoms with Crippen molar-refractivity contribution >= 4 is 11.6 Å². The lowest BCUT2D eigenvalue weighted by molar-refractivity contribution is -0.113. The van der Waals surface area contributed by atoms with Gasteiger partial charge in [0.05, 0.1) is 0 Å². The van der Waals surface area contributed by atoms with Crippen LogP contribution in [0.15, 0.2) is 47.6 Å². The van der Waals surface area contributed by atoms with Crippen LogP contribution in [0, 0.1) is 6.92 Å². The van der Waals surface area contributed by atoms with Crippen LogP contribution < -0.4 is 5.32 Å². The molecule has 0 saturated heterocycles. The van der Waals surface area contributed by atoms with Gasteiger partial charge in [0.1, 0.15) is 0 Å². The Morgan fingerprint density at radius 3 is 2.64 bits per heavy atom. The fourth-order valence-electron chi connectivity index (χ4n) is 3.36. The average Bonchev–Trinajstić information content (AvgIpc) is 2.75. The summed E-state index contributed by atoms with van der Waals surface area (Å²) in [6.07, 6.45) is 13.4. The first-order valence-electron chi connectivity index (χ1n) is 8.12. The molecule has 1 aromatic rings. The Bertz CT molecular complexity index is 692. The first-order valence-corrected chi connectivity index (χ1v) is 8.12. The van der Waals surface area contributed by atoms with Gasteiger partial charge in [-0.25, -0.2) is 0 Å². The highest BCUT2D eigenvalue weighted by atomic mass is 16.1. The minimum atomic E-state index is 0.0327. The number of carbonyl (C=O) groups excluding carboxylic acids is 1. The summed E-state index contributed by atoms with van der Waals surface area (Å²) < 4.78 is 0. The lowest BCUT2D eigenvalue weighted by atomic mass is 9.87. The second kappa shape index (κ2) is 6.35. The van der Waals surface area contributed by atoms with Gasteiger partial charge in [-0.3, -0.25) is 4.79 Å². The number of nitrogens with one attached hydrogen (secondary N) is 1. The standard InChI is InChI=1S/C20H23NO/c1-14-8-4-3-5-10-17(14)20(22)21-19-13-12-15(2)16-9-6-7-11-18(16)19/h3-5,8,12-13H,6-7,9-11H2,1-2H3,(H,21,22). The van der Waals surface area contributed by atoms with E-state index < -0.39 is 0 Å². The summed E-state index contributed by atoms with van der Waals surface area (Å²) in [4.78, 5) is 12.7. The molecule has 1 N–H and O–H groups in total. The highest BCUT2D eigenvalue weighted by Crippen LogP contribution is 2.31. The van der Waals surface area contributed by atoms with Gasteiger partial charge in [0.15, 0.2) is 0 Å². The van der Waals surface area contributed by atoms with E-state index in [4.69, 9.17) is 0 Å². The van der Waals surface area contributed by atoms with Gasteiger partial charge in [0.2, 0.25) is 0 Å². The van der Waals surface area contributed by atoms with Crippen LogP contribution >= 0.6 is 0 Å². The molecule has 0 heterocycles. The first-order chi connectivity index (χ1) is 10.7. The van der Waals surface area contributed by atoms with Crippen LogP contribution in [-0.4, -0.2) is 5.91 Å². The summed E-state index contributed by atoms with van der Waals surface area (Å²) in [5, 5.41) is 3.16. The first kappa shape index (κ1) is 14.8. The average molecular weight is 293 g/mol. The molecule has 2 aliphatic carbocycles. The summed E-state index contributed by atoms with van der Waals surface area (Å²) in [6.45, 7) is 4.17. The van der Waals surface area contributed by atoms with Crippen LogP contribution in [0.25, 0.3) is 0 Å². The van der Waals surface area contributed by atoms with Crippen molar-refractivity contribution in [2.24, 2.45) is 0 Å². The molecule has 22 heavy (non-hydrogen) atoms. The van der Waals surface area contributed by atoms with Crippen molar-refractivity contribution < 1.29 is 4.79 Å². The predicted octanol–water partition coefficient (Wildman–Crippen LogP) is 4.64. The Hall–Kier alpha value is -2.09. The molecule has 1 amide bonds. The number of fused-ring (bicyclic) bond motifs is 1. The monoisotopic (exact) mass is 293 g/mol. The van der Waals surface area contributed by atoms with E-state index >= 15 is 0 Å². The number of amides is 1. The van der Waals surface area contributed by atoms with Gasteiger partial charge in [0, 0.05) is 11.3 Å². The Morgan fingerprint density at radius 2 is 1.82 bits per heavy atom. The molecule has 0 spiro atoms. The van der Waals surface area contributed by atoms with E-state index in [1.165, 1.54) is 29.5 Å².